The first-order chi connectivity index (χ1) is 10.8. The molecule has 4 heteroatoms. The van der Waals surface area contributed by atoms with Gasteiger partial charge in [-0.25, -0.2) is 0 Å². The molecular formula is C19H26Br2O2. The molecule has 128 valence electrons. The molecule has 1 fully saturated rings. The SMILES string of the molecule is COc1cc(OC)c2c(c1Br)CC[C@@H]1C(C)(C)[C@H](Br)CC[C@@]21C. The van der Waals surface area contributed by atoms with Gasteiger partial charge in [0.25, 0.3) is 0 Å². The average molecular weight is 446 g/mol. The molecule has 1 saturated carbocycles. The number of halogens is 2. The van der Waals surface area contributed by atoms with Gasteiger partial charge in [0.05, 0.1) is 18.7 Å². The van der Waals surface area contributed by atoms with Gasteiger partial charge in [0.15, 0.2) is 0 Å². The van der Waals surface area contributed by atoms with Crippen LogP contribution in [-0.4, -0.2) is 19.0 Å². The van der Waals surface area contributed by atoms with Crippen molar-refractivity contribution in [3.05, 3.63) is 21.7 Å². The van der Waals surface area contributed by atoms with Gasteiger partial charge in [-0.2, -0.15) is 0 Å². The zero-order valence-electron chi connectivity index (χ0n) is 14.6. The summed E-state index contributed by atoms with van der Waals surface area (Å²) in [5.41, 5.74) is 3.21. The van der Waals surface area contributed by atoms with Crippen molar-refractivity contribution in [2.45, 2.75) is 56.7 Å². The number of fused-ring (bicyclic) bond motifs is 3. The fourth-order valence-corrected chi connectivity index (χ4v) is 6.34. The fourth-order valence-electron chi connectivity index (χ4n) is 5.12. The van der Waals surface area contributed by atoms with Crippen LogP contribution in [0.1, 0.15) is 51.2 Å². The third kappa shape index (κ3) is 2.47. The van der Waals surface area contributed by atoms with E-state index < -0.39 is 0 Å². The predicted octanol–water partition coefficient (Wildman–Crippen LogP) is 5.87. The molecule has 0 bridgehead atoms. The minimum Gasteiger partial charge on any atom is -0.496 e. The molecule has 0 unspecified atom stereocenters. The highest BCUT2D eigenvalue weighted by molar-refractivity contribution is 9.10. The monoisotopic (exact) mass is 444 g/mol. The molecule has 3 rings (SSSR count). The molecule has 0 aliphatic heterocycles. The summed E-state index contributed by atoms with van der Waals surface area (Å²) >= 11 is 7.73. The van der Waals surface area contributed by atoms with E-state index in [-0.39, 0.29) is 10.8 Å². The first-order valence-corrected chi connectivity index (χ1v) is 10.1. The van der Waals surface area contributed by atoms with E-state index in [4.69, 9.17) is 9.47 Å². The van der Waals surface area contributed by atoms with Gasteiger partial charge >= 0.3 is 0 Å². The second-order valence-electron chi connectivity index (χ2n) is 7.78. The molecule has 0 amide bonds. The van der Waals surface area contributed by atoms with E-state index in [0.717, 1.165) is 22.4 Å². The van der Waals surface area contributed by atoms with E-state index in [2.05, 4.69) is 52.6 Å². The Hall–Kier alpha value is -0.220. The van der Waals surface area contributed by atoms with Crippen LogP contribution in [0.2, 0.25) is 0 Å². The number of benzene rings is 1. The quantitative estimate of drug-likeness (QED) is 0.530. The summed E-state index contributed by atoms with van der Waals surface area (Å²) in [7, 11) is 3.50. The maximum absolute atomic E-state index is 5.81. The van der Waals surface area contributed by atoms with Gasteiger partial charge in [0, 0.05) is 16.5 Å². The Kier molecular flexibility index (Phi) is 4.55. The number of alkyl halides is 1. The van der Waals surface area contributed by atoms with Crippen molar-refractivity contribution in [2.75, 3.05) is 14.2 Å². The first-order valence-electron chi connectivity index (χ1n) is 8.35. The van der Waals surface area contributed by atoms with Gasteiger partial charge in [-0.3, -0.25) is 0 Å². The summed E-state index contributed by atoms with van der Waals surface area (Å²) in [4.78, 5) is 0.585. The summed E-state index contributed by atoms with van der Waals surface area (Å²) in [5, 5.41) is 0. The predicted molar refractivity (Wildman–Crippen MR) is 102 cm³/mol. The molecule has 0 spiro atoms. The smallest absolute Gasteiger partial charge is 0.137 e. The highest BCUT2D eigenvalue weighted by atomic mass is 79.9. The summed E-state index contributed by atoms with van der Waals surface area (Å²) in [6.07, 6.45) is 4.69. The van der Waals surface area contributed by atoms with Crippen molar-refractivity contribution in [3.63, 3.8) is 0 Å². The van der Waals surface area contributed by atoms with Crippen LogP contribution in [0.3, 0.4) is 0 Å². The van der Waals surface area contributed by atoms with E-state index in [1.807, 2.05) is 6.07 Å². The summed E-state index contributed by atoms with van der Waals surface area (Å²) in [6, 6.07) is 2.05. The van der Waals surface area contributed by atoms with Gasteiger partial charge in [-0.1, -0.05) is 36.7 Å². The van der Waals surface area contributed by atoms with Gasteiger partial charge < -0.3 is 9.47 Å². The lowest BCUT2D eigenvalue weighted by Crippen LogP contribution is -2.52. The molecule has 1 aromatic rings. The topological polar surface area (TPSA) is 18.5 Å². The normalized spacial score (nSPS) is 32.0. The molecule has 0 saturated heterocycles. The molecule has 2 aliphatic carbocycles. The van der Waals surface area contributed by atoms with Crippen molar-refractivity contribution in [2.24, 2.45) is 11.3 Å². The zero-order valence-corrected chi connectivity index (χ0v) is 17.8. The Labute approximate surface area is 156 Å². The fraction of sp³-hybridized carbons (Fsp3) is 0.684. The van der Waals surface area contributed by atoms with E-state index in [9.17, 15) is 0 Å². The van der Waals surface area contributed by atoms with Crippen molar-refractivity contribution in [1.82, 2.24) is 0 Å². The van der Waals surface area contributed by atoms with Crippen LogP contribution in [0, 0.1) is 11.3 Å². The van der Waals surface area contributed by atoms with Crippen LogP contribution >= 0.6 is 31.9 Å². The van der Waals surface area contributed by atoms with Crippen LogP contribution in [-0.2, 0) is 11.8 Å². The largest absolute Gasteiger partial charge is 0.496 e. The van der Waals surface area contributed by atoms with Gasteiger partial charge in [-0.15, -0.1) is 0 Å². The molecular weight excluding hydrogens is 420 g/mol. The van der Waals surface area contributed by atoms with Crippen LogP contribution in [0.5, 0.6) is 11.5 Å². The van der Waals surface area contributed by atoms with E-state index in [0.29, 0.717) is 10.7 Å². The number of methoxy groups -OCH3 is 2. The molecule has 2 nitrogen and oxygen atoms in total. The number of rotatable bonds is 2. The van der Waals surface area contributed by atoms with Crippen molar-refractivity contribution < 1.29 is 9.47 Å². The first kappa shape index (κ1) is 17.6. The highest BCUT2D eigenvalue weighted by Gasteiger charge is 2.54. The Balaban J connectivity index is 2.22. The van der Waals surface area contributed by atoms with Crippen LogP contribution in [0.4, 0.5) is 0 Å². The Bertz CT molecular complexity index is 626. The minimum absolute atomic E-state index is 0.154. The van der Waals surface area contributed by atoms with Crippen molar-refractivity contribution in [3.8, 4) is 11.5 Å². The summed E-state index contributed by atoms with van der Waals surface area (Å²) in [5.74, 6) is 2.50. The Morgan fingerprint density at radius 2 is 1.74 bits per heavy atom. The second kappa shape index (κ2) is 5.94. The molecule has 1 aromatic carbocycles. The third-order valence-electron chi connectivity index (χ3n) is 6.38. The molecule has 23 heavy (non-hydrogen) atoms. The van der Waals surface area contributed by atoms with Crippen molar-refractivity contribution in [1.29, 1.82) is 0 Å². The standard InChI is InChI=1S/C19H26Br2O2/c1-18(2)14-7-6-11-16(19(14,3)9-8-15(18)20)12(22-4)10-13(23-5)17(11)21/h10,14-15H,6-9H2,1-5H3/t14-,15-,19-/m1/s1. The van der Waals surface area contributed by atoms with E-state index >= 15 is 0 Å². The maximum Gasteiger partial charge on any atom is 0.137 e. The molecule has 3 atom stereocenters. The second-order valence-corrected chi connectivity index (χ2v) is 9.68. The molecule has 0 aromatic heterocycles. The van der Waals surface area contributed by atoms with Crippen LogP contribution in [0.15, 0.2) is 10.5 Å². The summed E-state index contributed by atoms with van der Waals surface area (Å²) < 4.78 is 12.5. The van der Waals surface area contributed by atoms with Crippen LogP contribution in [0.25, 0.3) is 0 Å². The van der Waals surface area contributed by atoms with E-state index in [1.54, 1.807) is 14.2 Å². The van der Waals surface area contributed by atoms with E-state index in [1.165, 1.54) is 30.4 Å². The number of ether oxygens (including phenoxy) is 2. The lowest BCUT2D eigenvalue weighted by atomic mass is 9.50. The average Bonchev–Trinajstić information content (AvgIpc) is 2.52. The molecule has 2 aliphatic rings. The highest BCUT2D eigenvalue weighted by Crippen LogP contribution is 2.61. The maximum atomic E-state index is 5.81. The molecule has 0 radical (unpaired) electrons. The van der Waals surface area contributed by atoms with Crippen molar-refractivity contribution >= 4 is 31.9 Å². The number of hydrogen-bond donors (Lipinski definition) is 0. The van der Waals surface area contributed by atoms with Crippen LogP contribution < -0.4 is 9.47 Å². The van der Waals surface area contributed by atoms with Gasteiger partial charge in [0.2, 0.25) is 0 Å². The lowest BCUT2D eigenvalue weighted by molar-refractivity contribution is 0.0473. The minimum atomic E-state index is 0.154. The third-order valence-corrected chi connectivity index (χ3v) is 8.88. The summed E-state index contributed by atoms with van der Waals surface area (Å²) in [6.45, 7) is 7.28. The number of hydrogen-bond acceptors (Lipinski definition) is 2. The zero-order chi connectivity index (χ0) is 17.0. The lowest BCUT2D eigenvalue weighted by Gasteiger charge is -2.56. The Morgan fingerprint density at radius 1 is 1.09 bits per heavy atom. The molecule has 0 N–H and O–H groups in total. The van der Waals surface area contributed by atoms with Gasteiger partial charge in [0.1, 0.15) is 11.5 Å². The van der Waals surface area contributed by atoms with Gasteiger partial charge in [-0.05, 0) is 63.9 Å². The molecule has 0 heterocycles. The Morgan fingerprint density at radius 3 is 2.35 bits per heavy atom.